The van der Waals surface area contributed by atoms with E-state index in [1.54, 1.807) is 25.1 Å². The predicted molar refractivity (Wildman–Crippen MR) is 134 cm³/mol. The first-order valence-electron chi connectivity index (χ1n) is 11.9. The molecule has 36 heavy (non-hydrogen) atoms. The van der Waals surface area contributed by atoms with Crippen molar-refractivity contribution < 1.29 is 23.1 Å². The molecule has 0 fully saturated rings. The highest BCUT2D eigenvalue weighted by Gasteiger charge is 2.24. The molecule has 3 aromatic carbocycles. The molecule has 1 aromatic heterocycles. The third-order valence-corrected chi connectivity index (χ3v) is 6.01. The quantitative estimate of drug-likeness (QED) is 0.304. The van der Waals surface area contributed by atoms with Crippen LogP contribution in [-0.2, 0) is 19.4 Å². The molecule has 0 saturated carbocycles. The summed E-state index contributed by atoms with van der Waals surface area (Å²) in [5, 5.41) is 17.0. The number of oxazole rings is 1. The zero-order valence-corrected chi connectivity index (χ0v) is 20.2. The van der Waals surface area contributed by atoms with Crippen LogP contribution in [0, 0.1) is 18.6 Å². The molecule has 2 atom stereocenters. The van der Waals surface area contributed by atoms with Gasteiger partial charge < -0.3 is 20.2 Å². The van der Waals surface area contributed by atoms with E-state index in [0.717, 1.165) is 18.1 Å². The molecular weight excluding hydrogens is 464 g/mol. The van der Waals surface area contributed by atoms with Crippen LogP contribution < -0.4 is 10.6 Å². The summed E-state index contributed by atoms with van der Waals surface area (Å²) in [6.45, 7) is 4.45. The summed E-state index contributed by atoms with van der Waals surface area (Å²) < 4.78 is 33.2. The van der Waals surface area contributed by atoms with Crippen LogP contribution in [0.4, 0.5) is 8.78 Å². The van der Waals surface area contributed by atoms with Crippen LogP contribution in [-0.4, -0.2) is 34.7 Å². The first-order chi connectivity index (χ1) is 17.3. The number of rotatable bonds is 10. The van der Waals surface area contributed by atoms with Crippen LogP contribution >= 0.6 is 0 Å². The van der Waals surface area contributed by atoms with E-state index in [-0.39, 0.29) is 18.5 Å². The van der Waals surface area contributed by atoms with Crippen molar-refractivity contribution in [2.24, 2.45) is 0 Å². The van der Waals surface area contributed by atoms with Gasteiger partial charge in [-0.25, -0.2) is 13.8 Å². The van der Waals surface area contributed by atoms with Gasteiger partial charge in [0.05, 0.1) is 17.7 Å². The van der Waals surface area contributed by atoms with Crippen molar-refractivity contribution >= 4 is 17.0 Å². The predicted octanol–water partition coefficient (Wildman–Crippen LogP) is 4.47. The van der Waals surface area contributed by atoms with E-state index in [2.05, 4.69) is 34.7 Å². The molecule has 0 bridgehead atoms. The zero-order valence-electron chi connectivity index (χ0n) is 20.2. The number of amides is 1. The van der Waals surface area contributed by atoms with Gasteiger partial charge in [-0.2, -0.15) is 0 Å². The topological polar surface area (TPSA) is 87.4 Å². The summed E-state index contributed by atoms with van der Waals surface area (Å²) in [4.78, 5) is 17.4. The Morgan fingerprint density at radius 3 is 2.50 bits per heavy atom. The third-order valence-electron chi connectivity index (χ3n) is 6.01. The standard InChI is InChI=1S/C28H29F2N3O3/c1-3-18-6-4-7-19(10-18)15-31-16-26(34)25(13-20-11-21(29)14-22(30)12-20)33-28(35)23-8-5-9-24-27(23)36-17(2)32-24/h4-12,14,25-26,31,34H,3,13,15-16H2,1-2H3,(H,33,35). The molecule has 0 aliphatic rings. The van der Waals surface area contributed by atoms with Crippen molar-refractivity contribution in [3.05, 3.63) is 100 Å². The van der Waals surface area contributed by atoms with Gasteiger partial charge in [0.1, 0.15) is 17.2 Å². The molecule has 4 aromatic rings. The van der Waals surface area contributed by atoms with E-state index in [1.165, 1.54) is 17.7 Å². The largest absolute Gasteiger partial charge is 0.440 e. The highest BCUT2D eigenvalue weighted by atomic mass is 19.1. The number of carbonyl (C=O) groups excluding carboxylic acids is 1. The number of nitrogens with one attached hydrogen (secondary N) is 2. The summed E-state index contributed by atoms with van der Waals surface area (Å²) in [5.41, 5.74) is 3.75. The van der Waals surface area contributed by atoms with Gasteiger partial charge in [0.2, 0.25) is 0 Å². The summed E-state index contributed by atoms with van der Waals surface area (Å²) >= 11 is 0. The van der Waals surface area contributed by atoms with Gasteiger partial charge in [0.15, 0.2) is 11.5 Å². The Morgan fingerprint density at radius 1 is 1.03 bits per heavy atom. The average Bonchev–Trinajstić information content (AvgIpc) is 3.23. The van der Waals surface area contributed by atoms with E-state index in [4.69, 9.17) is 4.42 Å². The third kappa shape index (κ3) is 6.33. The number of aliphatic hydroxyl groups is 1. The number of para-hydroxylation sites is 1. The summed E-state index contributed by atoms with van der Waals surface area (Å²) in [5.74, 6) is -1.50. The second-order valence-electron chi connectivity index (χ2n) is 8.82. The first-order valence-corrected chi connectivity index (χ1v) is 11.9. The number of halogens is 2. The fraction of sp³-hybridized carbons (Fsp3) is 0.286. The number of nitrogens with zero attached hydrogens (tertiary/aromatic N) is 1. The minimum Gasteiger partial charge on any atom is -0.440 e. The second kappa shape index (κ2) is 11.4. The summed E-state index contributed by atoms with van der Waals surface area (Å²) in [6.07, 6.45) is -0.0861. The van der Waals surface area contributed by atoms with Gasteiger partial charge in [0.25, 0.3) is 5.91 Å². The number of hydrogen-bond acceptors (Lipinski definition) is 5. The Bertz CT molecular complexity index is 1330. The molecule has 0 spiro atoms. The lowest BCUT2D eigenvalue weighted by Gasteiger charge is -2.25. The monoisotopic (exact) mass is 493 g/mol. The maximum atomic E-state index is 13.8. The molecule has 0 aliphatic heterocycles. The molecule has 6 nitrogen and oxygen atoms in total. The van der Waals surface area contributed by atoms with Crippen molar-refractivity contribution in [2.75, 3.05) is 6.54 Å². The Kier molecular flexibility index (Phi) is 8.07. The van der Waals surface area contributed by atoms with E-state index >= 15 is 0 Å². The van der Waals surface area contributed by atoms with Gasteiger partial charge in [-0.15, -0.1) is 0 Å². The summed E-state index contributed by atoms with van der Waals surface area (Å²) in [7, 11) is 0. The van der Waals surface area contributed by atoms with Crippen molar-refractivity contribution in [3.8, 4) is 0 Å². The molecule has 0 saturated heterocycles. The van der Waals surface area contributed by atoms with Crippen LogP contribution in [0.2, 0.25) is 0 Å². The van der Waals surface area contributed by atoms with Crippen LogP contribution in [0.25, 0.3) is 11.1 Å². The molecule has 1 heterocycles. The Balaban J connectivity index is 1.51. The smallest absolute Gasteiger partial charge is 0.255 e. The number of aryl methyl sites for hydroxylation is 2. The maximum Gasteiger partial charge on any atom is 0.255 e. The van der Waals surface area contributed by atoms with E-state index in [0.29, 0.717) is 29.1 Å². The molecular formula is C28H29F2N3O3. The van der Waals surface area contributed by atoms with Crippen molar-refractivity contribution in [1.82, 2.24) is 15.6 Å². The van der Waals surface area contributed by atoms with Gasteiger partial charge in [0, 0.05) is 26.1 Å². The Labute approximate surface area is 208 Å². The fourth-order valence-corrected chi connectivity index (χ4v) is 4.22. The van der Waals surface area contributed by atoms with Gasteiger partial charge in [-0.3, -0.25) is 4.79 Å². The number of hydrogen-bond donors (Lipinski definition) is 3. The van der Waals surface area contributed by atoms with E-state index in [9.17, 15) is 18.7 Å². The molecule has 2 unspecified atom stereocenters. The number of fused-ring (bicyclic) bond motifs is 1. The Morgan fingerprint density at radius 2 is 1.75 bits per heavy atom. The van der Waals surface area contributed by atoms with Gasteiger partial charge >= 0.3 is 0 Å². The molecule has 1 amide bonds. The molecule has 188 valence electrons. The van der Waals surface area contributed by atoms with Crippen molar-refractivity contribution in [3.63, 3.8) is 0 Å². The van der Waals surface area contributed by atoms with Crippen LogP contribution in [0.1, 0.15) is 39.9 Å². The average molecular weight is 494 g/mol. The van der Waals surface area contributed by atoms with Crippen LogP contribution in [0.5, 0.6) is 0 Å². The zero-order chi connectivity index (χ0) is 25.7. The van der Waals surface area contributed by atoms with Gasteiger partial charge in [-0.05, 0) is 53.8 Å². The minimum atomic E-state index is -1.04. The number of aliphatic hydroxyl groups excluding tert-OH is 1. The lowest BCUT2D eigenvalue weighted by molar-refractivity contribution is 0.0830. The molecule has 8 heteroatoms. The maximum absolute atomic E-state index is 13.8. The van der Waals surface area contributed by atoms with E-state index < -0.39 is 29.7 Å². The molecule has 0 aliphatic carbocycles. The van der Waals surface area contributed by atoms with Crippen LogP contribution in [0.15, 0.2) is 65.1 Å². The van der Waals surface area contributed by atoms with Crippen LogP contribution in [0.3, 0.4) is 0 Å². The molecule has 3 N–H and O–H groups in total. The highest BCUT2D eigenvalue weighted by Crippen LogP contribution is 2.20. The van der Waals surface area contributed by atoms with Gasteiger partial charge in [-0.1, -0.05) is 37.3 Å². The fourth-order valence-electron chi connectivity index (χ4n) is 4.22. The lowest BCUT2D eigenvalue weighted by Crippen LogP contribution is -2.48. The first kappa shape index (κ1) is 25.5. The van der Waals surface area contributed by atoms with Crippen molar-refractivity contribution in [1.29, 1.82) is 0 Å². The highest BCUT2D eigenvalue weighted by molar-refractivity contribution is 6.04. The number of carbonyl (C=O) groups is 1. The molecule has 0 radical (unpaired) electrons. The Hall–Kier alpha value is -3.62. The molecule has 4 rings (SSSR count). The lowest BCUT2D eigenvalue weighted by atomic mass is 10.00. The summed E-state index contributed by atoms with van der Waals surface area (Å²) in [6, 6.07) is 15.5. The number of benzene rings is 3. The van der Waals surface area contributed by atoms with E-state index in [1.807, 2.05) is 12.1 Å². The SMILES string of the molecule is CCc1cccc(CNCC(O)C(Cc2cc(F)cc(F)c2)NC(=O)c2cccc3nc(C)oc23)c1. The second-order valence-corrected chi connectivity index (χ2v) is 8.82. The minimum absolute atomic E-state index is 0.0278. The van der Waals surface area contributed by atoms with Crippen molar-refractivity contribution in [2.45, 2.75) is 45.4 Å². The normalized spacial score (nSPS) is 13.0. The number of aromatic nitrogens is 1.